The Hall–Kier alpha value is -1.16. The zero-order chi connectivity index (χ0) is 63.5. The van der Waals surface area contributed by atoms with Crippen molar-refractivity contribution in [3.05, 3.63) is 77.9 Å². The summed E-state index contributed by atoms with van der Waals surface area (Å²) < 4.78 is 0.370. The molecular formula is C48H52I9N9O18. The number of halogens is 9. The molecule has 84 heavy (non-hydrogen) atoms. The maximum Gasteiger partial charge on any atom is 0.260 e. The van der Waals surface area contributed by atoms with Crippen LogP contribution in [0.1, 0.15) is 82.9 Å². The number of benzene rings is 3. The van der Waals surface area contributed by atoms with E-state index in [0.717, 1.165) is 9.80 Å². The van der Waals surface area contributed by atoms with Crippen LogP contribution in [-0.2, 0) is 14.4 Å². The third kappa shape index (κ3) is 17.9. The van der Waals surface area contributed by atoms with Gasteiger partial charge >= 0.3 is 0 Å². The average molecular weight is 2190 g/mol. The quantitative estimate of drug-likeness (QED) is 0.0673. The number of hydrogen-bond donors (Lipinski definition) is 15. The highest BCUT2D eigenvalue weighted by molar-refractivity contribution is 14.1. The molecule has 0 fully saturated rings. The highest BCUT2D eigenvalue weighted by Crippen LogP contribution is 2.40. The van der Waals surface area contributed by atoms with E-state index in [1.165, 1.54) is 38.1 Å². The second-order valence-corrected chi connectivity index (χ2v) is 27.6. The van der Waals surface area contributed by atoms with Crippen molar-refractivity contribution in [3.63, 3.8) is 0 Å². The second kappa shape index (κ2) is 34.3. The Morgan fingerprint density at radius 3 is 0.833 bits per heavy atom. The summed E-state index contributed by atoms with van der Waals surface area (Å²) in [5.74, 6) is -8.15. The van der Waals surface area contributed by atoms with E-state index < -0.39 is 142 Å². The molecule has 0 bridgehead atoms. The predicted molar refractivity (Wildman–Crippen MR) is 378 cm³/mol. The maximum absolute atomic E-state index is 15.5. The average Bonchev–Trinajstić information content (AvgIpc) is 1.18. The zero-order valence-electron chi connectivity index (χ0n) is 43.6. The molecule has 1 heterocycles. The molecule has 27 nitrogen and oxygen atoms in total. The Labute approximate surface area is 601 Å². The van der Waals surface area contributed by atoms with Crippen molar-refractivity contribution >= 4 is 274 Å². The number of carbonyl (C=O) groups excluding carboxylic acids is 9. The summed E-state index contributed by atoms with van der Waals surface area (Å²) in [6.07, 6.45) is -2.39. The summed E-state index contributed by atoms with van der Waals surface area (Å²) in [5, 5.41) is 105. The smallest absolute Gasteiger partial charge is 0.260 e. The van der Waals surface area contributed by atoms with Gasteiger partial charge in [0.15, 0.2) is 0 Å². The molecule has 0 unspecified atom stereocenters. The van der Waals surface area contributed by atoms with Gasteiger partial charge in [-0.1, -0.05) is 0 Å². The number of anilines is 3. The van der Waals surface area contributed by atoms with E-state index in [2.05, 4.69) is 31.9 Å². The van der Waals surface area contributed by atoms with E-state index in [4.69, 9.17) is 0 Å². The number of hydrogen-bond acceptors (Lipinski definition) is 18. The van der Waals surface area contributed by atoms with E-state index in [1.54, 1.807) is 203 Å². The van der Waals surface area contributed by atoms with Crippen molar-refractivity contribution < 1.29 is 89.1 Å². The molecule has 0 aromatic heterocycles. The monoisotopic (exact) mass is 2180 g/mol. The second-order valence-electron chi connectivity index (χ2n) is 17.9. The fourth-order valence-electron chi connectivity index (χ4n) is 7.25. The number of rotatable bonds is 21. The molecule has 15 N–H and O–H groups in total. The number of aliphatic hydroxyl groups is 9. The predicted octanol–water partition coefficient (Wildman–Crippen LogP) is 1.55. The standard InChI is InChI=1S/C48H52I9N9O18/c1-16(73)40(76)61-37-31(52)22(43(79)58-19(10-67)11-68)28(49)25(34(37)55)46(82)64-4-6-65(47(83)26-29(50)23(44(80)59-20(12-69)13-70)32(53)38(35(26)56)62-41(77)17(2)74)8-9-66(7-5-64)48(84)27-30(51)24(45(81)60-21(14-71)15-72)33(54)39(36(27)57)63-42(78)18(3)75/h4,6,16-21,67-75H,5,7-15H2,1-3H3,(H,58,79)(H,59,80)(H,60,81)(H,61,76)(H,62,77)(H,63,78)/t16-,17-,18-/m0/s1. The van der Waals surface area contributed by atoms with E-state index in [-0.39, 0.29) is 95.7 Å². The minimum atomic E-state index is -1.59. The van der Waals surface area contributed by atoms with Crippen LogP contribution in [0.25, 0.3) is 0 Å². The molecule has 0 saturated carbocycles. The van der Waals surface area contributed by atoms with Crippen molar-refractivity contribution in [3.8, 4) is 0 Å². The highest BCUT2D eigenvalue weighted by Gasteiger charge is 2.37. The van der Waals surface area contributed by atoms with Gasteiger partial charge in [0.2, 0.25) is 0 Å². The normalized spacial score (nSPS) is 13.9. The maximum atomic E-state index is 15.5. The number of nitrogens with one attached hydrogen (secondary N) is 6. The van der Waals surface area contributed by atoms with E-state index in [1.807, 2.05) is 0 Å². The van der Waals surface area contributed by atoms with Crippen LogP contribution in [0.15, 0.2) is 12.4 Å². The van der Waals surface area contributed by atoms with Crippen molar-refractivity contribution in [2.75, 3.05) is 81.8 Å². The highest BCUT2D eigenvalue weighted by atomic mass is 127. The van der Waals surface area contributed by atoms with E-state index in [0.29, 0.717) is 0 Å². The van der Waals surface area contributed by atoms with Gasteiger partial charge in [-0.25, -0.2) is 0 Å². The van der Waals surface area contributed by atoms with Gasteiger partial charge in [0.1, 0.15) is 18.3 Å². The molecule has 3 atom stereocenters. The van der Waals surface area contributed by atoms with Gasteiger partial charge in [0.05, 0.1) is 130 Å². The molecule has 0 spiro atoms. The summed E-state index contributed by atoms with van der Waals surface area (Å²) >= 11 is 15.8. The van der Waals surface area contributed by atoms with Gasteiger partial charge < -0.3 is 92.6 Å². The number of carbonyl (C=O) groups is 9. The molecular weight excluding hydrogens is 2130 g/mol. The Kier molecular flexibility index (Phi) is 30.8. The van der Waals surface area contributed by atoms with E-state index >= 15 is 14.4 Å². The lowest BCUT2D eigenvalue weighted by Gasteiger charge is -2.29. The first kappa shape index (κ1) is 75.3. The lowest BCUT2D eigenvalue weighted by atomic mass is 10.1. The Balaban J connectivity index is 2.14. The van der Waals surface area contributed by atoms with Gasteiger partial charge in [-0.05, 0) is 224 Å². The summed E-state index contributed by atoms with van der Waals surface area (Å²) in [6, 6.07) is -3.52. The first-order valence-electron chi connectivity index (χ1n) is 24.2. The topological polar surface area (TPSA) is 418 Å². The summed E-state index contributed by atoms with van der Waals surface area (Å²) in [6.45, 7) is -2.23. The fourth-order valence-corrected chi connectivity index (χ4v) is 20.4. The SMILES string of the molecule is C[C@H](O)C(=O)Nc1c(I)c(C(=O)NC(CO)CO)c(I)c(C(=O)N2C=CN(C(=O)c3c(I)c(NC(=O)[C@H](C)O)c(I)c(C(=O)NC(CO)CO)c3I)CCN(C(=O)c3c(I)c(NC(=O)[C@H](C)O)c(I)c(C(=O)NC(CO)CO)c3I)CC2)c1I. The van der Waals surface area contributed by atoms with Crippen molar-refractivity contribution in [1.29, 1.82) is 0 Å². The number of nitrogens with zero attached hydrogens (tertiary/aromatic N) is 3. The Bertz CT molecular complexity index is 2990. The van der Waals surface area contributed by atoms with Crippen LogP contribution in [-0.4, -0.2) is 216 Å². The van der Waals surface area contributed by atoms with Gasteiger partial charge in [-0.2, -0.15) is 0 Å². The van der Waals surface area contributed by atoms with Crippen LogP contribution in [0, 0.1) is 32.1 Å². The Morgan fingerprint density at radius 2 is 0.607 bits per heavy atom. The van der Waals surface area contributed by atoms with Crippen LogP contribution in [0.5, 0.6) is 0 Å². The number of aliphatic hydroxyl groups excluding tert-OH is 9. The minimum absolute atomic E-state index is 0.00265. The molecule has 460 valence electrons. The Morgan fingerprint density at radius 1 is 0.381 bits per heavy atom. The molecule has 9 amide bonds. The van der Waals surface area contributed by atoms with Crippen LogP contribution >= 0.6 is 203 Å². The van der Waals surface area contributed by atoms with Crippen molar-refractivity contribution in [1.82, 2.24) is 30.7 Å². The molecule has 4 rings (SSSR count). The van der Waals surface area contributed by atoms with Crippen LogP contribution in [0.4, 0.5) is 17.1 Å². The van der Waals surface area contributed by atoms with Crippen LogP contribution < -0.4 is 31.9 Å². The molecule has 3 aromatic rings. The molecule has 1 aliphatic rings. The van der Waals surface area contributed by atoms with Crippen molar-refractivity contribution in [2.24, 2.45) is 0 Å². The van der Waals surface area contributed by atoms with Crippen LogP contribution in [0.3, 0.4) is 0 Å². The van der Waals surface area contributed by atoms with Gasteiger partial charge in [-0.3, -0.25) is 43.2 Å². The zero-order valence-corrected chi connectivity index (χ0v) is 63.0. The number of amides is 9. The van der Waals surface area contributed by atoms with Crippen molar-refractivity contribution in [2.45, 2.75) is 57.2 Å². The van der Waals surface area contributed by atoms with Crippen LogP contribution in [0.2, 0.25) is 0 Å². The lowest BCUT2D eigenvalue weighted by Crippen LogP contribution is -2.44. The molecule has 1 aliphatic heterocycles. The molecule has 36 heteroatoms. The molecule has 3 aromatic carbocycles. The first-order valence-corrected chi connectivity index (χ1v) is 33.9. The largest absolute Gasteiger partial charge is 0.394 e. The van der Waals surface area contributed by atoms with Gasteiger partial charge in [0, 0.05) is 49.3 Å². The van der Waals surface area contributed by atoms with Gasteiger partial charge in [0.25, 0.3) is 53.2 Å². The molecule has 0 saturated heterocycles. The van der Waals surface area contributed by atoms with Gasteiger partial charge in [-0.15, -0.1) is 0 Å². The molecule has 0 aliphatic carbocycles. The minimum Gasteiger partial charge on any atom is -0.394 e. The third-order valence-corrected chi connectivity index (χ3v) is 21.7. The fraction of sp³-hybridized carbons (Fsp3) is 0.396. The summed E-state index contributed by atoms with van der Waals surface area (Å²) in [4.78, 5) is 132. The molecule has 0 radical (unpaired) electrons. The summed E-state index contributed by atoms with van der Waals surface area (Å²) in [7, 11) is 0. The lowest BCUT2D eigenvalue weighted by molar-refractivity contribution is -0.123. The first-order chi connectivity index (χ1) is 39.4. The van der Waals surface area contributed by atoms with E-state index in [9.17, 15) is 74.7 Å². The summed E-state index contributed by atoms with van der Waals surface area (Å²) in [5.41, 5.74) is -1.54. The third-order valence-electron chi connectivity index (χ3n) is 11.9.